The zero-order chi connectivity index (χ0) is 16.3. The minimum Gasteiger partial charge on any atom is -0.481 e. The van der Waals surface area contributed by atoms with Crippen LogP contribution in [0.1, 0.15) is 25.3 Å². The zero-order valence-corrected chi connectivity index (χ0v) is 12.7. The maximum Gasteiger partial charge on any atom is 0.316 e. The number of halogens is 1. The van der Waals surface area contributed by atoms with E-state index in [2.05, 4.69) is 10.3 Å². The molecule has 0 saturated heterocycles. The summed E-state index contributed by atoms with van der Waals surface area (Å²) in [5, 5.41) is 2.60. The summed E-state index contributed by atoms with van der Waals surface area (Å²) in [6.07, 6.45) is 1.56. The Labute approximate surface area is 128 Å². The number of nitrogens with zero attached hydrogens (tertiary/aromatic N) is 1. The van der Waals surface area contributed by atoms with Crippen molar-refractivity contribution in [1.29, 1.82) is 0 Å². The first kappa shape index (κ1) is 15.8. The number of carbonyl (C=O) groups is 1. The van der Waals surface area contributed by atoms with Gasteiger partial charge in [0, 0.05) is 17.8 Å². The number of nitrogens with one attached hydrogen (secondary N) is 1. The molecule has 0 aliphatic rings. The fourth-order valence-electron chi connectivity index (χ4n) is 2.26. The Bertz CT molecular complexity index is 702. The van der Waals surface area contributed by atoms with Gasteiger partial charge in [-0.1, -0.05) is 13.8 Å². The third kappa shape index (κ3) is 3.33. The smallest absolute Gasteiger partial charge is 0.316 e. The Morgan fingerprint density at radius 3 is 2.68 bits per heavy atom. The third-order valence-corrected chi connectivity index (χ3v) is 3.26. The number of nitrogens with two attached hydrogens (primary N) is 1. The highest BCUT2D eigenvalue weighted by molar-refractivity contribution is 5.95. The van der Waals surface area contributed by atoms with Crippen molar-refractivity contribution in [3.8, 4) is 17.0 Å². The molecule has 3 N–H and O–H groups in total. The first-order valence-corrected chi connectivity index (χ1v) is 6.82. The van der Waals surface area contributed by atoms with Crippen molar-refractivity contribution < 1.29 is 13.9 Å². The number of pyridine rings is 1. The van der Waals surface area contributed by atoms with Gasteiger partial charge in [0.1, 0.15) is 5.82 Å². The summed E-state index contributed by atoms with van der Waals surface area (Å²) in [7, 11) is 1.50. The molecule has 0 fully saturated rings. The fraction of sp³-hybridized carbons (Fsp3) is 0.250. The zero-order valence-electron chi connectivity index (χ0n) is 12.7. The van der Waals surface area contributed by atoms with E-state index in [0.717, 1.165) is 0 Å². The number of aromatic nitrogens is 1. The van der Waals surface area contributed by atoms with Crippen LogP contribution < -0.4 is 15.8 Å². The van der Waals surface area contributed by atoms with E-state index in [9.17, 15) is 9.18 Å². The molecule has 0 atom stereocenters. The largest absolute Gasteiger partial charge is 0.481 e. The van der Waals surface area contributed by atoms with Gasteiger partial charge >= 0.3 is 6.03 Å². The van der Waals surface area contributed by atoms with E-state index in [1.165, 1.54) is 19.2 Å². The quantitative estimate of drug-likeness (QED) is 0.907. The van der Waals surface area contributed by atoms with Gasteiger partial charge in [0.15, 0.2) is 0 Å². The van der Waals surface area contributed by atoms with Crippen LogP contribution in [0.2, 0.25) is 0 Å². The lowest BCUT2D eigenvalue weighted by Crippen LogP contribution is -2.21. The summed E-state index contributed by atoms with van der Waals surface area (Å²) in [5.74, 6) is 0.0300. The number of ether oxygens (including phenoxy) is 1. The van der Waals surface area contributed by atoms with E-state index >= 15 is 0 Å². The first-order chi connectivity index (χ1) is 10.4. The van der Waals surface area contributed by atoms with Crippen LogP contribution >= 0.6 is 0 Å². The molecule has 0 aliphatic carbocycles. The standard InChI is InChI=1S/C16H18FN3O2/c1-9(2)12-7-11(17)8-13(15(12)20-16(18)21)10-4-5-19-14(6-10)22-3/h4-9H,1-3H3,(H3,18,20,21). The van der Waals surface area contributed by atoms with Gasteiger partial charge < -0.3 is 15.8 Å². The Morgan fingerprint density at radius 1 is 1.36 bits per heavy atom. The molecule has 1 aromatic heterocycles. The van der Waals surface area contributed by atoms with E-state index in [1.807, 2.05) is 13.8 Å². The van der Waals surface area contributed by atoms with Gasteiger partial charge in [-0.2, -0.15) is 0 Å². The van der Waals surface area contributed by atoms with Crippen LogP contribution in [0.3, 0.4) is 0 Å². The molecular formula is C16H18FN3O2. The highest BCUT2D eigenvalue weighted by Gasteiger charge is 2.17. The van der Waals surface area contributed by atoms with Crippen LogP contribution in [0.15, 0.2) is 30.5 Å². The summed E-state index contributed by atoms with van der Waals surface area (Å²) in [6.45, 7) is 3.83. The lowest BCUT2D eigenvalue weighted by Gasteiger charge is -2.18. The molecule has 116 valence electrons. The monoisotopic (exact) mass is 303 g/mol. The van der Waals surface area contributed by atoms with Gasteiger partial charge in [-0.25, -0.2) is 14.2 Å². The topological polar surface area (TPSA) is 77.2 Å². The van der Waals surface area contributed by atoms with Gasteiger partial charge in [-0.15, -0.1) is 0 Å². The average molecular weight is 303 g/mol. The van der Waals surface area contributed by atoms with E-state index in [0.29, 0.717) is 28.3 Å². The van der Waals surface area contributed by atoms with E-state index in [1.54, 1.807) is 18.3 Å². The second-order valence-corrected chi connectivity index (χ2v) is 5.15. The summed E-state index contributed by atoms with van der Waals surface area (Å²) in [4.78, 5) is 15.3. The Kier molecular flexibility index (Phi) is 4.60. The van der Waals surface area contributed by atoms with Crippen molar-refractivity contribution >= 4 is 11.7 Å². The molecule has 6 heteroatoms. The van der Waals surface area contributed by atoms with Gasteiger partial charge in [-0.3, -0.25) is 0 Å². The van der Waals surface area contributed by atoms with Crippen molar-refractivity contribution in [2.75, 3.05) is 12.4 Å². The molecule has 1 heterocycles. The predicted octanol–water partition coefficient (Wildman–Crippen LogP) is 3.51. The number of carbonyl (C=O) groups excluding carboxylic acids is 1. The molecule has 0 spiro atoms. The van der Waals surface area contributed by atoms with Crippen LogP contribution in [0.4, 0.5) is 14.9 Å². The second kappa shape index (κ2) is 6.43. The van der Waals surface area contributed by atoms with Gasteiger partial charge in [0.25, 0.3) is 0 Å². The van der Waals surface area contributed by atoms with Crippen molar-refractivity contribution in [2.24, 2.45) is 5.73 Å². The molecule has 0 bridgehead atoms. The number of anilines is 1. The number of primary amides is 1. The number of hydrogen-bond acceptors (Lipinski definition) is 3. The minimum absolute atomic E-state index is 0.0139. The van der Waals surface area contributed by atoms with E-state index in [-0.39, 0.29) is 11.7 Å². The minimum atomic E-state index is -0.698. The highest BCUT2D eigenvalue weighted by Crippen LogP contribution is 2.36. The lowest BCUT2D eigenvalue weighted by molar-refractivity contribution is 0.259. The molecule has 5 nitrogen and oxygen atoms in total. The molecule has 0 saturated carbocycles. The predicted molar refractivity (Wildman–Crippen MR) is 83.5 cm³/mol. The van der Waals surface area contributed by atoms with Gasteiger partial charge in [-0.05, 0) is 35.2 Å². The molecule has 1 aromatic carbocycles. The molecule has 2 aromatic rings. The van der Waals surface area contributed by atoms with E-state index in [4.69, 9.17) is 10.5 Å². The molecule has 2 amide bonds. The van der Waals surface area contributed by atoms with Crippen molar-refractivity contribution in [3.63, 3.8) is 0 Å². The summed E-state index contributed by atoms with van der Waals surface area (Å²) < 4.78 is 19.1. The molecule has 0 unspecified atom stereocenters. The molecular weight excluding hydrogens is 285 g/mol. The number of benzene rings is 1. The maximum atomic E-state index is 14.0. The number of hydrogen-bond donors (Lipinski definition) is 2. The van der Waals surface area contributed by atoms with Gasteiger partial charge in [0.2, 0.25) is 5.88 Å². The number of methoxy groups -OCH3 is 1. The first-order valence-electron chi connectivity index (χ1n) is 6.82. The van der Waals surface area contributed by atoms with Crippen LogP contribution in [-0.2, 0) is 0 Å². The maximum absolute atomic E-state index is 14.0. The molecule has 2 rings (SSSR count). The summed E-state index contributed by atoms with van der Waals surface area (Å²) >= 11 is 0. The van der Waals surface area contributed by atoms with Gasteiger partial charge in [0.05, 0.1) is 12.8 Å². The molecule has 0 aliphatic heterocycles. The Hall–Kier alpha value is -2.63. The second-order valence-electron chi connectivity index (χ2n) is 5.15. The van der Waals surface area contributed by atoms with Crippen LogP contribution in [0.5, 0.6) is 5.88 Å². The summed E-state index contributed by atoms with van der Waals surface area (Å²) in [5.41, 5.74) is 7.63. The normalized spacial score (nSPS) is 10.6. The van der Waals surface area contributed by atoms with Crippen molar-refractivity contribution in [2.45, 2.75) is 19.8 Å². The lowest BCUT2D eigenvalue weighted by atomic mass is 9.94. The van der Waals surface area contributed by atoms with Crippen molar-refractivity contribution in [3.05, 3.63) is 41.8 Å². The Morgan fingerprint density at radius 2 is 2.09 bits per heavy atom. The highest BCUT2D eigenvalue weighted by atomic mass is 19.1. The number of rotatable bonds is 4. The molecule has 0 radical (unpaired) electrons. The average Bonchev–Trinajstić information content (AvgIpc) is 2.48. The van der Waals surface area contributed by atoms with E-state index < -0.39 is 6.03 Å². The number of amides is 2. The van der Waals surface area contributed by atoms with Crippen LogP contribution in [0.25, 0.3) is 11.1 Å². The summed E-state index contributed by atoms with van der Waals surface area (Å²) in [6, 6.07) is 5.44. The molecule has 22 heavy (non-hydrogen) atoms. The Balaban J connectivity index is 2.69. The SMILES string of the molecule is COc1cc(-c2cc(F)cc(C(C)C)c2NC(N)=O)ccn1. The van der Waals surface area contributed by atoms with Crippen molar-refractivity contribution in [1.82, 2.24) is 4.98 Å². The number of urea groups is 1. The van der Waals surface area contributed by atoms with Crippen LogP contribution in [0, 0.1) is 5.82 Å². The fourth-order valence-corrected chi connectivity index (χ4v) is 2.26. The third-order valence-electron chi connectivity index (χ3n) is 3.26. The van der Waals surface area contributed by atoms with Crippen LogP contribution in [-0.4, -0.2) is 18.1 Å².